The van der Waals surface area contributed by atoms with E-state index in [2.05, 4.69) is 24.3 Å². The maximum Gasteiger partial charge on any atom is 0.144 e. The van der Waals surface area contributed by atoms with E-state index in [4.69, 9.17) is 10.9 Å². The summed E-state index contributed by atoms with van der Waals surface area (Å²) in [6.45, 7) is 9.27. The van der Waals surface area contributed by atoms with E-state index in [1.165, 1.54) is 19.3 Å². The zero-order chi connectivity index (χ0) is 12.6. The molecule has 0 aliphatic rings. The Balaban J connectivity index is 3.80. The van der Waals surface area contributed by atoms with Gasteiger partial charge in [0.05, 0.1) is 0 Å². The normalized spacial score (nSPS) is 15.1. The van der Waals surface area contributed by atoms with Crippen LogP contribution in [0.3, 0.4) is 0 Å². The van der Waals surface area contributed by atoms with Crippen molar-refractivity contribution in [2.75, 3.05) is 6.54 Å². The van der Waals surface area contributed by atoms with Crippen LogP contribution in [0, 0.1) is 5.41 Å². The van der Waals surface area contributed by atoms with Crippen molar-refractivity contribution in [2.45, 2.75) is 59.4 Å². The molecule has 0 amide bonds. The first kappa shape index (κ1) is 15.2. The molecule has 96 valence electrons. The Morgan fingerprint density at radius 3 is 2.62 bits per heavy atom. The average Bonchev–Trinajstić information content (AvgIpc) is 2.24. The van der Waals surface area contributed by atoms with Gasteiger partial charge in [0.25, 0.3) is 0 Å². The van der Waals surface area contributed by atoms with Gasteiger partial charge in [-0.1, -0.05) is 38.8 Å². The molecule has 0 radical (unpaired) electrons. The molecule has 1 unspecified atom stereocenters. The van der Waals surface area contributed by atoms with Crippen LogP contribution >= 0.6 is 0 Å². The van der Waals surface area contributed by atoms with Crippen molar-refractivity contribution in [2.24, 2.45) is 16.3 Å². The molecule has 0 saturated carbocycles. The molecule has 4 N–H and O–H groups in total. The van der Waals surface area contributed by atoms with Gasteiger partial charge in [-0.2, -0.15) is 0 Å². The number of hydrogen-bond donors (Lipinski definition) is 3. The molecule has 16 heavy (non-hydrogen) atoms. The molecular formula is C12H27N3O. The van der Waals surface area contributed by atoms with Crippen molar-refractivity contribution in [3.63, 3.8) is 0 Å². The minimum absolute atomic E-state index is 0.244. The van der Waals surface area contributed by atoms with E-state index >= 15 is 0 Å². The maximum absolute atomic E-state index is 8.64. The summed E-state index contributed by atoms with van der Waals surface area (Å²) in [7, 11) is 0. The average molecular weight is 229 g/mol. The summed E-state index contributed by atoms with van der Waals surface area (Å²) in [5.41, 5.74) is 5.38. The number of oxime groups is 1. The zero-order valence-corrected chi connectivity index (χ0v) is 11.1. The lowest BCUT2D eigenvalue weighted by Crippen LogP contribution is -2.36. The van der Waals surface area contributed by atoms with Crippen molar-refractivity contribution in [1.82, 2.24) is 5.32 Å². The van der Waals surface area contributed by atoms with Crippen molar-refractivity contribution in [1.29, 1.82) is 0 Å². The molecule has 4 heteroatoms. The number of nitrogens with one attached hydrogen (secondary N) is 1. The highest BCUT2D eigenvalue weighted by atomic mass is 16.4. The van der Waals surface area contributed by atoms with Gasteiger partial charge in [-0.3, -0.25) is 0 Å². The van der Waals surface area contributed by atoms with Crippen LogP contribution in [0.25, 0.3) is 0 Å². The van der Waals surface area contributed by atoms with Crippen LogP contribution in [-0.2, 0) is 0 Å². The standard InChI is InChI=1S/C12H27N3O/c1-5-6-7-10(2)14-9-8-12(3,4)11(13)15-16/h10,14,16H,5-9H2,1-4H3,(H2,13,15). The lowest BCUT2D eigenvalue weighted by Gasteiger charge is -2.24. The van der Waals surface area contributed by atoms with Crippen LogP contribution in [0.2, 0.25) is 0 Å². The summed E-state index contributed by atoms with van der Waals surface area (Å²) in [5.74, 6) is 0.301. The highest BCUT2D eigenvalue weighted by Crippen LogP contribution is 2.19. The fourth-order valence-electron chi connectivity index (χ4n) is 1.51. The topological polar surface area (TPSA) is 70.6 Å². The first-order valence-electron chi connectivity index (χ1n) is 6.15. The fraction of sp³-hybridized carbons (Fsp3) is 0.917. The van der Waals surface area contributed by atoms with Gasteiger partial charge in [-0.05, 0) is 26.3 Å². The molecule has 0 heterocycles. The number of hydrogen-bond acceptors (Lipinski definition) is 3. The van der Waals surface area contributed by atoms with Crippen LogP contribution in [-0.4, -0.2) is 23.6 Å². The van der Waals surface area contributed by atoms with Crippen LogP contribution in [0.15, 0.2) is 5.16 Å². The van der Waals surface area contributed by atoms with Crippen molar-refractivity contribution in [3.05, 3.63) is 0 Å². The fourth-order valence-corrected chi connectivity index (χ4v) is 1.51. The number of nitrogens with two attached hydrogens (primary N) is 1. The van der Waals surface area contributed by atoms with E-state index in [9.17, 15) is 0 Å². The molecule has 4 nitrogen and oxygen atoms in total. The second-order valence-electron chi connectivity index (χ2n) is 5.12. The molecule has 0 rings (SSSR count). The van der Waals surface area contributed by atoms with Crippen molar-refractivity contribution >= 4 is 5.84 Å². The summed E-state index contributed by atoms with van der Waals surface area (Å²) in [6.07, 6.45) is 4.58. The summed E-state index contributed by atoms with van der Waals surface area (Å²) >= 11 is 0. The van der Waals surface area contributed by atoms with Crippen LogP contribution in [0.4, 0.5) is 0 Å². The number of rotatable bonds is 8. The van der Waals surface area contributed by atoms with Gasteiger partial charge in [0, 0.05) is 11.5 Å². The van der Waals surface area contributed by atoms with Gasteiger partial charge in [0.15, 0.2) is 0 Å². The van der Waals surface area contributed by atoms with Crippen molar-refractivity contribution in [3.8, 4) is 0 Å². The van der Waals surface area contributed by atoms with Crippen LogP contribution in [0.5, 0.6) is 0 Å². The molecule has 1 atom stereocenters. The van der Waals surface area contributed by atoms with Gasteiger partial charge in [-0.25, -0.2) is 0 Å². The summed E-state index contributed by atoms with van der Waals surface area (Å²) in [5, 5.41) is 15.2. The molecule has 0 aromatic rings. The molecule has 0 aromatic carbocycles. The smallest absolute Gasteiger partial charge is 0.144 e. The zero-order valence-electron chi connectivity index (χ0n) is 11.1. The predicted octanol–water partition coefficient (Wildman–Crippen LogP) is 2.32. The van der Waals surface area contributed by atoms with Gasteiger partial charge in [0.1, 0.15) is 5.84 Å². The van der Waals surface area contributed by atoms with E-state index in [0.29, 0.717) is 11.9 Å². The van der Waals surface area contributed by atoms with E-state index in [1.807, 2.05) is 13.8 Å². The van der Waals surface area contributed by atoms with Gasteiger partial charge in [0.2, 0.25) is 0 Å². The van der Waals surface area contributed by atoms with E-state index in [0.717, 1.165) is 13.0 Å². The Morgan fingerprint density at radius 1 is 1.50 bits per heavy atom. The highest BCUT2D eigenvalue weighted by molar-refractivity contribution is 5.85. The Bertz CT molecular complexity index is 214. The SMILES string of the molecule is CCCCC(C)NCCC(C)(C)C(N)=NO. The van der Waals surface area contributed by atoms with Gasteiger partial charge >= 0.3 is 0 Å². The molecule has 0 aromatic heterocycles. The predicted molar refractivity (Wildman–Crippen MR) is 68.8 cm³/mol. The molecule has 0 spiro atoms. The second-order valence-corrected chi connectivity index (χ2v) is 5.12. The van der Waals surface area contributed by atoms with E-state index < -0.39 is 0 Å². The molecular weight excluding hydrogens is 202 g/mol. The van der Waals surface area contributed by atoms with Crippen LogP contribution < -0.4 is 11.1 Å². The number of amidine groups is 1. The Labute approximate surface area is 99.3 Å². The third kappa shape index (κ3) is 5.95. The molecule has 0 bridgehead atoms. The maximum atomic E-state index is 8.64. The van der Waals surface area contributed by atoms with E-state index in [-0.39, 0.29) is 5.41 Å². The van der Waals surface area contributed by atoms with E-state index in [1.54, 1.807) is 0 Å². The van der Waals surface area contributed by atoms with Crippen molar-refractivity contribution < 1.29 is 5.21 Å². The van der Waals surface area contributed by atoms with Crippen LogP contribution in [0.1, 0.15) is 53.4 Å². The Kier molecular flexibility index (Phi) is 7.13. The molecule has 0 fully saturated rings. The van der Waals surface area contributed by atoms with Gasteiger partial charge < -0.3 is 16.3 Å². The summed E-state index contributed by atoms with van der Waals surface area (Å²) in [4.78, 5) is 0. The lowest BCUT2D eigenvalue weighted by molar-refractivity contribution is 0.304. The molecule has 0 aliphatic heterocycles. The molecule has 0 aliphatic carbocycles. The summed E-state index contributed by atoms with van der Waals surface area (Å²) in [6, 6.07) is 0.544. The third-order valence-corrected chi connectivity index (χ3v) is 3.03. The first-order chi connectivity index (χ1) is 7.44. The summed E-state index contributed by atoms with van der Waals surface area (Å²) < 4.78 is 0. The second kappa shape index (κ2) is 7.49. The Hall–Kier alpha value is -0.770. The quantitative estimate of drug-likeness (QED) is 0.259. The minimum atomic E-state index is -0.244. The highest BCUT2D eigenvalue weighted by Gasteiger charge is 2.23. The monoisotopic (exact) mass is 229 g/mol. The number of unbranched alkanes of at least 4 members (excludes halogenated alkanes) is 1. The number of nitrogens with zero attached hydrogens (tertiary/aromatic N) is 1. The first-order valence-corrected chi connectivity index (χ1v) is 6.15. The third-order valence-electron chi connectivity index (χ3n) is 3.03. The minimum Gasteiger partial charge on any atom is -0.409 e. The Morgan fingerprint density at radius 2 is 2.12 bits per heavy atom. The molecule has 0 saturated heterocycles. The van der Waals surface area contributed by atoms with Gasteiger partial charge in [-0.15, -0.1) is 0 Å². The lowest BCUT2D eigenvalue weighted by atomic mass is 9.88. The largest absolute Gasteiger partial charge is 0.409 e.